The molecule has 0 radical (unpaired) electrons. The van der Waals surface area contributed by atoms with Crippen LogP contribution in [-0.4, -0.2) is 30.5 Å². The van der Waals surface area contributed by atoms with Crippen LogP contribution in [0.4, 0.5) is 0 Å². The van der Waals surface area contributed by atoms with E-state index < -0.39 is 17.8 Å². The minimum absolute atomic E-state index is 0.190. The lowest BCUT2D eigenvalue weighted by Crippen LogP contribution is -2.35. The molecule has 3 aromatic rings. The fourth-order valence-corrected chi connectivity index (χ4v) is 3.27. The van der Waals surface area contributed by atoms with E-state index in [4.69, 9.17) is 39.5 Å². The van der Waals surface area contributed by atoms with Gasteiger partial charge in [-0.1, -0.05) is 46.9 Å². The molecule has 0 aliphatic carbocycles. The number of ether oxygens (including phenoxy) is 1. The number of halogens is 3. The average molecular weight is 505 g/mol. The SMILES string of the molecule is O=C(CNC(=O)c1ccccc1Cl)NN=Cc1ccc(OC(=O)c2ccc(Cl)cc2Cl)cc1. The molecule has 0 atom stereocenters. The number of nitrogens with one attached hydrogen (secondary N) is 2. The van der Waals surface area contributed by atoms with E-state index in [1.54, 1.807) is 54.6 Å². The predicted molar refractivity (Wildman–Crippen MR) is 127 cm³/mol. The van der Waals surface area contributed by atoms with Crippen LogP contribution < -0.4 is 15.5 Å². The third kappa shape index (κ3) is 7.05. The summed E-state index contributed by atoms with van der Waals surface area (Å²) < 4.78 is 5.29. The molecule has 10 heteroatoms. The molecule has 7 nitrogen and oxygen atoms in total. The van der Waals surface area contributed by atoms with Crippen molar-refractivity contribution in [3.63, 3.8) is 0 Å². The van der Waals surface area contributed by atoms with Gasteiger partial charge in [0.2, 0.25) is 0 Å². The van der Waals surface area contributed by atoms with E-state index >= 15 is 0 Å². The summed E-state index contributed by atoms with van der Waals surface area (Å²) in [6.45, 7) is -0.274. The zero-order valence-corrected chi connectivity index (χ0v) is 19.1. The summed E-state index contributed by atoms with van der Waals surface area (Å²) in [4.78, 5) is 36.1. The van der Waals surface area contributed by atoms with E-state index in [-0.39, 0.29) is 22.7 Å². The second-order valence-corrected chi connectivity index (χ2v) is 7.79. The normalized spacial score (nSPS) is 10.6. The lowest BCUT2D eigenvalue weighted by atomic mass is 10.2. The fraction of sp³-hybridized carbons (Fsp3) is 0.0435. The molecule has 0 saturated carbocycles. The molecule has 3 rings (SSSR count). The van der Waals surface area contributed by atoms with Crippen molar-refractivity contribution >= 4 is 58.8 Å². The highest BCUT2D eigenvalue weighted by molar-refractivity contribution is 6.36. The lowest BCUT2D eigenvalue weighted by molar-refractivity contribution is -0.120. The van der Waals surface area contributed by atoms with Crippen molar-refractivity contribution in [2.24, 2.45) is 5.10 Å². The Labute approximate surface area is 204 Å². The first-order chi connectivity index (χ1) is 15.8. The zero-order chi connectivity index (χ0) is 23.8. The Bertz CT molecular complexity index is 1210. The predicted octanol–water partition coefficient (Wildman–Crippen LogP) is 4.75. The number of hydrazone groups is 1. The number of rotatable bonds is 7. The number of hydrogen-bond donors (Lipinski definition) is 2. The Morgan fingerprint density at radius 1 is 0.879 bits per heavy atom. The standard InChI is InChI=1S/C23H16Cl3N3O4/c24-15-7-10-18(20(26)11-15)23(32)33-16-8-5-14(6-9-16)12-28-29-21(30)13-27-22(31)17-3-1-2-4-19(17)25/h1-12H,13H2,(H,27,31)(H,29,30). The topological polar surface area (TPSA) is 96.9 Å². The van der Waals surface area contributed by atoms with Gasteiger partial charge in [-0.15, -0.1) is 0 Å². The molecule has 0 bridgehead atoms. The van der Waals surface area contributed by atoms with Gasteiger partial charge in [0.05, 0.1) is 33.9 Å². The zero-order valence-electron chi connectivity index (χ0n) is 16.8. The number of esters is 1. The van der Waals surface area contributed by atoms with Crippen LogP contribution in [0.2, 0.25) is 15.1 Å². The third-order valence-corrected chi connectivity index (χ3v) is 5.05. The van der Waals surface area contributed by atoms with Gasteiger partial charge in [0.25, 0.3) is 11.8 Å². The molecular weight excluding hydrogens is 489 g/mol. The molecule has 2 N–H and O–H groups in total. The van der Waals surface area contributed by atoms with E-state index in [1.165, 1.54) is 18.3 Å². The van der Waals surface area contributed by atoms with Gasteiger partial charge >= 0.3 is 5.97 Å². The minimum Gasteiger partial charge on any atom is -0.423 e. The van der Waals surface area contributed by atoms with Crippen molar-refractivity contribution in [2.75, 3.05) is 6.54 Å². The Morgan fingerprint density at radius 2 is 1.61 bits per heavy atom. The molecule has 2 amide bonds. The molecule has 0 fully saturated rings. The van der Waals surface area contributed by atoms with E-state index in [1.807, 2.05) is 0 Å². The van der Waals surface area contributed by atoms with Crippen LogP contribution in [0.25, 0.3) is 0 Å². The summed E-state index contributed by atoms with van der Waals surface area (Å²) in [6, 6.07) is 17.4. The van der Waals surface area contributed by atoms with Crippen molar-refractivity contribution in [3.05, 3.63) is 98.5 Å². The number of carbonyl (C=O) groups is 3. The summed E-state index contributed by atoms with van der Waals surface area (Å²) in [7, 11) is 0. The lowest BCUT2D eigenvalue weighted by Gasteiger charge is -2.06. The Hall–Kier alpha value is -3.39. The average Bonchev–Trinajstić information content (AvgIpc) is 2.79. The molecule has 0 heterocycles. The molecule has 33 heavy (non-hydrogen) atoms. The van der Waals surface area contributed by atoms with E-state index in [9.17, 15) is 14.4 Å². The summed E-state index contributed by atoms with van der Waals surface area (Å²) in [5.41, 5.74) is 3.41. The largest absolute Gasteiger partial charge is 0.423 e. The summed E-state index contributed by atoms with van der Waals surface area (Å²) in [6.07, 6.45) is 1.40. The van der Waals surface area contributed by atoms with Gasteiger partial charge in [0.15, 0.2) is 0 Å². The van der Waals surface area contributed by atoms with E-state index in [0.717, 1.165) is 0 Å². The molecule has 0 aromatic heterocycles. The second-order valence-electron chi connectivity index (χ2n) is 6.54. The maximum absolute atomic E-state index is 12.2. The monoisotopic (exact) mass is 503 g/mol. The van der Waals surface area contributed by atoms with Crippen LogP contribution in [0.1, 0.15) is 26.3 Å². The molecule has 3 aromatic carbocycles. The van der Waals surface area contributed by atoms with Crippen molar-refractivity contribution < 1.29 is 19.1 Å². The van der Waals surface area contributed by atoms with Gasteiger partial charge in [-0.05, 0) is 60.2 Å². The maximum Gasteiger partial charge on any atom is 0.345 e. The van der Waals surface area contributed by atoms with E-state index in [2.05, 4.69) is 15.8 Å². The van der Waals surface area contributed by atoms with Crippen molar-refractivity contribution in [1.29, 1.82) is 0 Å². The number of benzene rings is 3. The van der Waals surface area contributed by atoms with Gasteiger partial charge < -0.3 is 10.1 Å². The van der Waals surface area contributed by atoms with Crippen LogP contribution in [-0.2, 0) is 4.79 Å². The highest BCUT2D eigenvalue weighted by atomic mass is 35.5. The van der Waals surface area contributed by atoms with Crippen LogP contribution in [0, 0.1) is 0 Å². The first-order valence-corrected chi connectivity index (χ1v) is 10.6. The fourth-order valence-electron chi connectivity index (χ4n) is 2.56. The molecule has 0 aliphatic rings. The van der Waals surface area contributed by atoms with Gasteiger partial charge in [0, 0.05) is 5.02 Å². The number of amides is 2. The molecule has 0 saturated heterocycles. The smallest absolute Gasteiger partial charge is 0.345 e. The van der Waals surface area contributed by atoms with Gasteiger partial charge in [0.1, 0.15) is 5.75 Å². The Kier molecular flexibility index (Phi) is 8.43. The summed E-state index contributed by atoms with van der Waals surface area (Å²) >= 11 is 17.8. The van der Waals surface area contributed by atoms with Gasteiger partial charge in [-0.2, -0.15) is 5.10 Å². The van der Waals surface area contributed by atoms with Crippen LogP contribution in [0.15, 0.2) is 71.8 Å². The maximum atomic E-state index is 12.2. The van der Waals surface area contributed by atoms with Crippen LogP contribution in [0.5, 0.6) is 5.75 Å². The van der Waals surface area contributed by atoms with Gasteiger partial charge in [-0.3, -0.25) is 9.59 Å². The first-order valence-electron chi connectivity index (χ1n) is 9.45. The quantitative estimate of drug-likeness (QED) is 0.210. The van der Waals surface area contributed by atoms with E-state index in [0.29, 0.717) is 21.4 Å². The molecule has 168 valence electrons. The highest BCUT2D eigenvalue weighted by Gasteiger charge is 2.13. The minimum atomic E-state index is -0.621. The third-order valence-electron chi connectivity index (χ3n) is 4.17. The second kappa shape index (κ2) is 11.5. The highest BCUT2D eigenvalue weighted by Crippen LogP contribution is 2.23. The molecule has 0 spiro atoms. The van der Waals surface area contributed by atoms with Crippen LogP contribution in [0.3, 0.4) is 0 Å². The molecular formula is C23H16Cl3N3O4. The van der Waals surface area contributed by atoms with Gasteiger partial charge in [-0.25, -0.2) is 10.2 Å². The summed E-state index contributed by atoms with van der Waals surface area (Å²) in [5.74, 6) is -1.31. The van der Waals surface area contributed by atoms with Crippen LogP contribution >= 0.6 is 34.8 Å². The summed E-state index contributed by atoms with van der Waals surface area (Å²) in [5, 5.41) is 7.18. The number of hydrogen-bond acceptors (Lipinski definition) is 5. The Balaban J connectivity index is 1.47. The molecule has 0 aliphatic heterocycles. The van der Waals surface area contributed by atoms with Crippen molar-refractivity contribution in [2.45, 2.75) is 0 Å². The number of carbonyl (C=O) groups excluding carboxylic acids is 3. The van der Waals surface area contributed by atoms with Crippen molar-refractivity contribution in [1.82, 2.24) is 10.7 Å². The van der Waals surface area contributed by atoms with Crippen molar-refractivity contribution in [3.8, 4) is 5.75 Å². The first kappa shape index (κ1) is 24.3. The molecule has 0 unspecified atom stereocenters. The Morgan fingerprint density at radius 3 is 2.30 bits per heavy atom. The number of nitrogens with zero attached hydrogens (tertiary/aromatic N) is 1.